The van der Waals surface area contributed by atoms with Crippen molar-refractivity contribution in [3.63, 3.8) is 0 Å². The zero-order valence-corrected chi connectivity index (χ0v) is 14.7. The van der Waals surface area contributed by atoms with Crippen LogP contribution < -0.4 is 15.4 Å². The first-order valence-corrected chi connectivity index (χ1v) is 8.14. The average molecular weight is 375 g/mol. The lowest BCUT2D eigenvalue weighted by Gasteiger charge is -2.13. The van der Waals surface area contributed by atoms with Gasteiger partial charge in [0.25, 0.3) is 11.6 Å². The van der Waals surface area contributed by atoms with Crippen molar-refractivity contribution in [2.24, 2.45) is 0 Å². The van der Waals surface area contributed by atoms with Crippen LogP contribution >= 0.6 is 12.2 Å². The SMILES string of the molecule is CCCOc1ccccc1C(=O)NC(=S)Nc1cc([N+](=O)[O-])ccc1O. The van der Waals surface area contributed by atoms with Crippen LogP contribution in [0.3, 0.4) is 0 Å². The Hall–Kier alpha value is -3.20. The summed E-state index contributed by atoms with van der Waals surface area (Å²) in [7, 11) is 0. The second kappa shape index (κ2) is 8.77. The lowest BCUT2D eigenvalue weighted by Crippen LogP contribution is -2.34. The molecule has 0 saturated carbocycles. The monoisotopic (exact) mass is 375 g/mol. The summed E-state index contributed by atoms with van der Waals surface area (Å²) in [4.78, 5) is 22.6. The van der Waals surface area contributed by atoms with Crippen molar-refractivity contribution in [3.05, 3.63) is 58.1 Å². The third-order valence-electron chi connectivity index (χ3n) is 3.26. The van der Waals surface area contributed by atoms with E-state index in [4.69, 9.17) is 17.0 Å². The number of carbonyl (C=O) groups is 1. The number of anilines is 1. The number of ether oxygens (including phenoxy) is 1. The zero-order valence-electron chi connectivity index (χ0n) is 13.9. The number of phenols is 1. The number of carbonyl (C=O) groups excluding carboxylic acids is 1. The molecule has 0 aliphatic rings. The molecule has 0 unspecified atom stereocenters. The lowest BCUT2D eigenvalue weighted by atomic mass is 10.2. The number of aromatic hydroxyl groups is 1. The molecular formula is C17H17N3O5S. The van der Waals surface area contributed by atoms with Crippen molar-refractivity contribution in [1.29, 1.82) is 0 Å². The van der Waals surface area contributed by atoms with Crippen LogP contribution in [-0.2, 0) is 0 Å². The molecule has 3 N–H and O–H groups in total. The molecule has 0 radical (unpaired) electrons. The van der Waals surface area contributed by atoms with Gasteiger partial charge in [-0.15, -0.1) is 0 Å². The number of rotatable bonds is 6. The van der Waals surface area contributed by atoms with E-state index in [9.17, 15) is 20.0 Å². The molecule has 0 saturated heterocycles. The maximum absolute atomic E-state index is 12.4. The second-order valence-corrected chi connectivity index (χ2v) is 5.62. The molecule has 9 heteroatoms. The Labute approximate surface area is 154 Å². The largest absolute Gasteiger partial charge is 0.506 e. The van der Waals surface area contributed by atoms with Gasteiger partial charge in [0.15, 0.2) is 5.11 Å². The molecular weight excluding hydrogens is 358 g/mol. The van der Waals surface area contributed by atoms with Crippen molar-refractivity contribution in [2.45, 2.75) is 13.3 Å². The van der Waals surface area contributed by atoms with E-state index >= 15 is 0 Å². The summed E-state index contributed by atoms with van der Waals surface area (Å²) in [5.41, 5.74) is 0.0890. The highest BCUT2D eigenvalue weighted by Gasteiger charge is 2.15. The van der Waals surface area contributed by atoms with Crippen molar-refractivity contribution >= 4 is 34.6 Å². The number of benzene rings is 2. The summed E-state index contributed by atoms with van der Waals surface area (Å²) < 4.78 is 5.53. The van der Waals surface area contributed by atoms with E-state index in [2.05, 4.69) is 10.6 Å². The molecule has 0 aliphatic heterocycles. The van der Waals surface area contributed by atoms with Gasteiger partial charge in [0, 0.05) is 12.1 Å². The quantitative estimate of drug-likeness (QED) is 0.307. The van der Waals surface area contributed by atoms with Crippen LogP contribution in [0.1, 0.15) is 23.7 Å². The normalized spacial score (nSPS) is 10.0. The fourth-order valence-corrected chi connectivity index (χ4v) is 2.26. The zero-order chi connectivity index (χ0) is 19.1. The number of hydrogen-bond acceptors (Lipinski definition) is 6. The number of nitro groups is 1. The standard InChI is InChI=1S/C17H17N3O5S/c1-2-9-25-15-6-4-3-5-12(15)16(22)19-17(26)18-13-10-11(20(23)24)7-8-14(13)21/h3-8,10,21H,2,9H2,1H3,(H2,18,19,22,26). The van der Waals surface area contributed by atoms with Crippen LogP contribution in [-0.4, -0.2) is 27.7 Å². The Balaban J connectivity index is 2.10. The maximum Gasteiger partial charge on any atom is 0.271 e. The molecule has 0 heterocycles. The lowest BCUT2D eigenvalue weighted by molar-refractivity contribution is -0.384. The molecule has 2 aromatic carbocycles. The topological polar surface area (TPSA) is 114 Å². The van der Waals surface area contributed by atoms with Gasteiger partial charge in [-0.25, -0.2) is 0 Å². The minimum Gasteiger partial charge on any atom is -0.506 e. The fraction of sp³-hybridized carbons (Fsp3) is 0.176. The minimum absolute atomic E-state index is 0.0139. The first-order chi connectivity index (χ1) is 12.4. The molecule has 2 rings (SSSR count). The molecule has 0 atom stereocenters. The highest BCUT2D eigenvalue weighted by Crippen LogP contribution is 2.27. The number of non-ortho nitro benzene ring substituents is 1. The number of amides is 1. The van der Waals surface area contributed by atoms with Crippen LogP contribution in [0, 0.1) is 10.1 Å². The third-order valence-corrected chi connectivity index (χ3v) is 3.46. The second-order valence-electron chi connectivity index (χ2n) is 5.21. The van der Waals surface area contributed by atoms with Gasteiger partial charge in [-0.3, -0.25) is 20.2 Å². The molecule has 26 heavy (non-hydrogen) atoms. The first kappa shape index (κ1) is 19.1. The Morgan fingerprint density at radius 3 is 2.73 bits per heavy atom. The molecule has 8 nitrogen and oxygen atoms in total. The number of hydrogen-bond donors (Lipinski definition) is 3. The van der Waals surface area contributed by atoms with Crippen LogP contribution in [0.25, 0.3) is 0 Å². The Morgan fingerprint density at radius 1 is 1.31 bits per heavy atom. The number of para-hydroxylation sites is 1. The molecule has 0 fully saturated rings. The first-order valence-electron chi connectivity index (χ1n) is 7.74. The molecule has 1 amide bonds. The van der Waals surface area contributed by atoms with Crippen LogP contribution in [0.2, 0.25) is 0 Å². The minimum atomic E-state index is -0.604. The van der Waals surface area contributed by atoms with E-state index in [1.165, 1.54) is 6.07 Å². The van der Waals surface area contributed by atoms with Crippen LogP contribution in [0.5, 0.6) is 11.5 Å². The summed E-state index contributed by atoms with van der Waals surface area (Å²) >= 11 is 5.05. The summed E-state index contributed by atoms with van der Waals surface area (Å²) in [6.07, 6.45) is 0.794. The van der Waals surface area contributed by atoms with E-state index in [0.29, 0.717) is 17.9 Å². The number of nitrogens with one attached hydrogen (secondary N) is 2. The molecule has 0 aromatic heterocycles. The van der Waals surface area contributed by atoms with Crippen molar-refractivity contribution in [1.82, 2.24) is 5.32 Å². The van der Waals surface area contributed by atoms with Gasteiger partial charge in [0.05, 0.1) is 22.8 Å². The molecule has 0 spiro atoms. The number of thiocarbonyl (C=S) groups is 1. The van der Waals surface area contributed by atoms with E-state index in [1.54, 1.807) is 24.3 Å². The highest BCUT2D eigenvalue weighted by molar-refractivity contribution is 7.80. The Kier molecular flexibility index (Phi) is 6.45. The summed E-state index contributed by atoms with van der Waals surface area (Å²) in [6, 6.07) is 10.1. The summed E-state index contributed by atoms with van der Waals surface area (Å²) in [6.45, 7) is 2.42. The van der Waals surface area contributed by atoms with Gasteiger partial charge in [-0.1, -0.05) is 19.1 Å². The van der Waals surface area contributed by atoms with Gasteiger partial charge in [-0.2, -0.15) is 0 Å². The van der Waals surface area contributed by atoms with Gasteiger partial charge >= 0.3 is 0 Å². The molecule has 0 aliphatic carbocycles. The maximum atomic E-state index is 12.4. The van der Waals surface area contributed by atoms with Gasteiger partial charge in [0.1, 0.15) is 11.5 Å². The molecule has 2 aromatic rings. The van der Waals surface area contributed by atoms with E-state index in [0.717, 1.165) is 18.6 Å². The van der Waals surface area contributed by atoms with Crippen molar-refractivity contribution in [2.75, 3.05) is 11.9 Å². The fourth-order valence-electron chi connectivity index (χ4n) is 2.05. The van der Waals surface area contributed by atoms with Crippen LogP contribution in [0.15, 0.2) is 42.5 Å². The van der Waals surface area contributed by atoms with E-state index in [1.807, 2.05) is 6.92 Å². The van der Waals surface area contributed by atoms with Gasteiger partial charge in [-0.05, 0) is 36.8 Å². The molecule has 136 valence electrons. The van der Waals surface area contributed by atoms with Crippen LogP contribution in [0.4, 0.5) is 11.4 Å². The smallest absolute Gasteiger partial charge is 0.271 e. The van der Waals surface area contributed by atoms with Gasteiger partial charge < -0.3 is 15.2 Å². The Bertz CT molecular complexity index is 841. The summed E-state index contributed by atoms with van der Waals surface area (Å²) in [5.74, 6) is -0.314. The van der Waals surface area contributed by atoms with E-state index in [-0.39, 0.29) is 22.2 Å². The van der Waals surface area contributed by atoms with Crippen molar-refractivity contribution < 1.29 is 19.6 Å². The number of nitro benzene ring substituents is 1. The average Bonchev–Trinajstić information content (AvgIpc) is 2.61. The number of phenolic OH excluding ortho intramolecular Hbond substituents is 1. The van der Waals surface area contributed by atoms with Crippen molar-refractivity contribution in [3.8, 4) is 11.5 Å². The Morgan fingerprint density at radius 2 is 2.04 bits per heavy atom. The van der Waals surface area contributed by atoms with E-state index < -0.39 is 10.8 Å². The summed E-state index contributed by atoms with van der Waals surface area (Å²) in [5, 5.41) is 25.5. The predicted octanol–water partition coefficient (Wildman–Crippen LogP) is 3.22. The number of nitrogens with zero attached hydrogens (tertiary/aromatic N) is 1. The highest BCUT2D eigenvalue weighted by atomic mass is 32.1. The third kappa shape index (κ3) is 4.90. The molecule has 0 bridgehead atoms. The van der Waals surface area contributed by atoms with Gasteiger partial charge in [0.2, 0.25) is 0 Å². The predicted molar refractivity (Wildman–Crippen MR) is 101 cm³/mol.